The summed E-state index contributed by atoms with van der Waals surface area (Å²) < 4.78 is 39.7. The van der Waals surface area contributed by atoms with Crippen molar-refractivity contribution in [3.63, 3.8) is 0 Å². The lowest BCUT2D eigenvalue weighted by Gasteiger charge is -2.34. The van der Waals surface area contributed by atoms with Crippen LogP contribution in [0.25, 0.3) is 5.69 Å². The Hall–Kier alpha value is -4.13. The van der Waals surface area contributed by atoms with Crippen LogP contribution in [0.2, 0.25) is 0 Å². The molecule has 1 N–H and O–H groups in total. The third kappa shape index (κ3) is 5.35. The number of tetrazole rings is 1. The number of ether oxygens (including phenoxy) is 2. The normalized spacial score (nSPS) is 13.9. The van der Waals surface area contributed by atoms with Gasteiger partial charge in [-0.1, -0.05) is 25.3 Å². The van der Waals surface area contributed by atoms with Crippen LogP contribution in [-0.4, -0.2) is 63.3 Å². The lowest BCUT2D eigenvalue weighted by Crippen LogP contribution is -2.47. The molecule has 1 saturated carbocycles. The molecule has 13 heteroatoms. The summed E-state index contributed by atoms with van der Waals surface area (Å²) in [7, 11) is 1.48. The van der Waals surface area contributed by atoms with Gasteiger partial charge >= 0.3 is 17.7 Å². The van der Waals surface area contributed by atoms with Gasteiger partial charge in [0, 0.05) is 18.8 Å². The number of rotatable bonds is 8. The summed E-state index contributed by atoms with van der Waals surface area (Å²) in [6.45, 7) is 0.362. The first-order valence-corrected chi connectivity index (χ1v) is 11.7. The van der Waals surface area contributed by atoms with E-state index in [4.69, 9.17) is 9.47 Å². The minimum absolute atomic E-state index is 0.0856. The van der Waals surface area contributed by atoms with Crippen LogP contribution in [0.1, 0.15) is 42.5 Å². The molecule has 0 radical (unpaired) electrons. The van der Waals surface area contributed by atoms with Crippen LogP contribution >= 0.6 is 0 Å². The number of anilines is 1. The molecule has 1 aromatic heterocycles. The number of nitrogens with zero attached hydrogens (tertiary/aromatic N) is 5. The number of para-hydroxylation sites is 1. The molecule has 0 spiro atoms. The monoisotopic (exact) mass is 517 g/mol. The molecule has 1 aliphatic rings. The van der Waals surface area contributed by atoms with Crippen molar-refractivity contribution < 1.29 is 33.0 Å². The maximum absolute atomic E-state index is 14.3. The van der Waals surface area contributed by atoms with E-state index in [-0.39, 0.29) is 36.3 Å². The Kier molecular flexibility index (Phi) is 7.92. The average molecular weight is 517 g/mol. The topological polar surface area (TPSA) is 129 Å². The van der Waals surface area contributed by atoms with Gasteiger partial charge in [0.15, 0.2) is 11.6 Å². The summed E-state index contributed by atoms with van der Waals surface area (Å²) in [6, 6.07) is 5.94. The number of carboxylic acid groups (broad SMARTS) is 1. The molecule has 1 heterocycles. The number of benzene rings is 2. The number of aromatic nitrogens is 4. The summed E-state index contributed by atoms with van der Waals surface area (Å²) in [5.74, 6) is -3.30. The van der Waals surface area contributed by atoms with Crippen molar-refractivity contribution in [2.75, 3.05) is 25.2 Å². The molecule has 0 bridgehead atoms. The quantitative estimate of drug-likeness (QED) is 0.356. The molecule has 4 rings (SSSR count). The van der Waals surface area contributed by atoms with E-state index in [1.807, 2.05) is 0 Å². The lowest BCUT2D eigenvalue weighted by molar-refractivity contribution is 0.0689. The van der Waals surface area contributed by atoms with Crippen LogP contribution < -0.4 is 15.3 Å². The van der Waals surface area contributed by atoms with Crippen molar-refractivity contribution in [3.05, 3.63) is 64.1 Å². The summed E-state index contributed by atoms with van der Waals surface area (Å²) in [5.41, 5.74) is -1.92. The van der Waals surface area contributed by atoms with Crippen LogP contribution in [0.3, 0.4) is 0 Å². The molecule has 0 unspecified atom stereocenters. The predicted molar refractivity (Wildman–Crippen MR) is 126 cm³/mol. The third-order valence-electron chi connectivity index (χ3n) is 6.07. The number of carbonyl (C=O) groups excluding carboxylic acids is 1. The molecule has 1 fully saturated rings. The second kappa shape index (κ2) is 11.3. The van der Waals surface area contributed by atoms with Crippen LogP contribution in [-0.2, 0) is 4.74 Å². The molecule has 196 valence electrons. The molecule has 1 aliphatic carbocycles. The van der Waals surface area contributed by atoms with E-state index in [1.165, 1.54) is 30.2 Å². The van der Waals surface area contributed by atoms with Gasteiger partial charge in [0.05, 0.1) is 6.61 Å². The van der Waals surface area contributed by atoms with E-state index in [1.54, 1.807) is 0 Å². The van der Waals surface area contributed by atoms with Gasteiger partial charge in [-0.25, -0.2) is 23.2 Å². The molecule has 2 aromatic carbocycles. The number of aromatic carboxylic acids is 1. The van der Waals surface area contributed by atoms with Crippen LogP contribution in [0.4, 0.5) is 19.3 Å². The van der Waals surface area contributed by atoms with E-state index < -0.39 is 35.0 Å². The third-order valence-corrected chi connectivity index (χ3v) is 6.07. The minimum Gasteiger partial charge on any atom is -0.490 e. The zero-order valence-corrected chi connectivity index (χ0v) is 20.0. The summed E-state index contributed by atoms with van der Waals surface area (Å²) in [5, 5.41) is 16.8. The van der Waals surface area contributed by atoms with Gasteiger partial charge in [-0.2, -0.15) is 4.68 Å². The molecule has 0 saturated heterocycles. The number of hydrogen-bond acceptors (Lipinski definition) is 7. The van der Waals surface area contributed by atoms with E-state index >= 15 is 0 Å². The van der Waals surface area contributed by atoms with Crippen molar-refractivity contribution in [2.45, 2.75) is 38.1 Å². The zero-order chi connectivity index (χ0) is 26.5. The Bertz CT molecular complexity index is 1330. The maximum Gasteiger partial charge on any atom is 0.377 e. The summed E-state index contributed by atoms with van der Waals surface area (Å²) in [4.78, 5) is 39.9. The van der Waals surface area contributed by atoms with Crippen molar-refractivity contribution in [3.8, 4) is 11.4 Å². The standard InChI is InChI=1S/C24H25F2N5O6/c1-36-12-13-37-20-11-10-16(14-17(20)22(32)33)29(15-6-3-2-4-7-15)23(34)31-24(35)30(27-28-31)21-18(25)8-5-9-19(21)26/h5,8-11,14-15H,2-4,6-7,12-13H2,1H3,(H,32,33). The van der Waals surface area contributed by atoms with Gasteiger partial charge in [-0.3, -0.25) is 4.90 Å². The van der Waals surface area contributed by atoms with Crippen LogP contribution in [0.5, 0.6) is 5.75 Å². The highest BCUT2D eigenvalue weighted by Gasteiger charge is 2.32. The molecular formula is C24H25F2N5O6. The summed E-state index contributed by atoms with van der Waals surface area (Å²) in [6.07, 6.45) is 3.81. The number of carboxylic acids is 1. The second-order valence-corrected chi connectivity index (χ2v) is 8.43. The largest absolute Gasteiger partial charge is 0.490 e. The second-order valence-electron chi connectivity index (χ2n) is 8.43. The summed E-state index contributed by atoms with van der Waals surface area (Å²) >= 11 is 0. The zero-order valence-electron chi connectivity index (χ0n) is 20.0. The van der Waals surface area contributed by atoms with Crippen molar-refractivity contribution in [2.24, 2.45) is 0 Å². The fourth-order valence-electron chi connectivity index (χ4n) is 4.31. The highest BCUT2D eigenvalue weighted by Crippen LogP contribution is 2.31. The van der Waals surface area contributed by atoms with Gasteiger partial charge in [0.25, 0.3) is 0 Å². The SMILES string of the molecule is COCCOc1ccc(N(C(=O)n2nnn(-c3c(F)cccc3F)c2=O)C2CCCCC2)cc1C(=O)O. The minimum atomic E-state index is -1.27. The molecule has 0 aliphatic heterocycles. The number of amides is 1. The van der Waals surface area contributed by atoms with E-state index in [2.05, 4.69) is 10.4 Å². The highest BCUT2D eigenvalue weighted by molar-refractivity contribution is 5.97. The Labute approximate surface area is 209 Å². The fourth-order valence-corrected chi connectivity index (χ4v) is 4.31. The van der Waals surface area contributed by atoms with Gasteiger partial charge in [0.2, 0.25) is 0 Å². The van der Waals surface area contributed by atoms with Gasteiger partial charge < -0.3 is 14.6 Å². The first-order chi connectivity index (χ1) is 17.8. The highest BCUT2D eigenvalue weighted by atomic mass is 19.1. The number of carbonyl (C=O) groups is 2. The predicted octanol–water partition coefficient (Wildman–Crippen LogP) is 3.24. The number of methoxy groups -OCH3 is 1. The number of hydrogen-bond donors (Lipinski definition) is 1. The first kappa shape index (κ1) is 25.9. The Morgan fingerprint density at radius 3 is 2.43 bits per heavy atom. The molecule has 1 amide bonds. The van der Waals surface area contributed by atoms with E-state index in [0.717, 1.165) is 37.5 Å². The molecule has 3 aromatic rings. The van der Waals surface area contributed by atoms with Crippen LogP contribution in [0.15, 0.2) is 41.2 Å². The Morgan fingerprint density at radius 2 is 1.78 bits per heavy atom. The smallest absolute Gasteiger partial charge is 0.377 e. The van der Waals surface area contributed by atoms with Gasteiger partial charge in [-0.05, 0) is 53.6 Å². The van der Waals surface area contributed by atoms with Gasteiger partial charge in [0.1, 0.15) is 23.6 Å². The van der Waals surface area contributed by atoms with Crippen molar-refractivity contribution >= 4 is 17.7 Å². The lowest BCUT2D eigenvalue weighted by atomic mass is 9.94. The van der Waals surface area contributed by atoms with Gasteiger partial charge in [-0.15, -0.1) is 4.68 Å². The Morgan fingerprint density at radius 1 is 1.08 bits per heavy atom. The first-order valence-electron chi connectivity index (χ1n) is 11.7. The van der Waals surface area contributed by atoms with Crippen molar-refractivity contribution in [1.29, 1.82) is 0 Å². The molecular weight excluding hydrogens is 492 g/mol. The van der Waals surface area contributed by atoms with E-state index in [9.17, 15) is 28.3 Å². The number of halogens is 2. The molecule has 37 heavy (non-hydrogen) atoms. The van der Waals surface area contributed by atoms with Crippen molar-refractivity contribution in [1.82, 2.24) is 19.8 Å². The average Bonchev–Trinajstić information content (AvgIpc) is 3.26. The van der Waals surface area contributed by atoms with E-state index in [0.29, 0.717) is 22.2 Å². The molecule has 11 nitrogen and oxygen atoms in total. The maximum atomic E-state index is 14.3. The Balaban J connectivity index is 1.76. The van der Waals surface area contributed by atoms with Crippen LogP contribution in [0, 0.1) is 11.6 Å². The fraction of sp³-hybridized carbons (Fsp3) is 0.375. The molecule has 0 atom stereocenters.